The van der Waals surface area contributed by atoms with Crippen molar-refractivity contribution in [2.45, 2.75) is 25.3 Å². The van der Waals surface area contributed by atoms with Crippen LogP contribution in [0.25, 0.3) is 0 Å². The summed E-state index contributed by atoms with van der Waals surface area (Å²) in [5.41, 5.74) is 1.22. The van der Waals surface area contributed by atoms with Gasteiger partial charge in [0.15, 0.2) is 0 Å². The van der Waals surface area contributed by atoms with Crippen LogP contribution in [0.1, 0.15) is 30.9 Å². The Balaban J connectivity index is 2.08. The lowest BCUT2D eigenvalue weighted by molar-refractivity contribution is 0.410. The van der Waals surface area contributed by atoms with Crippen molar-refractivity contribution in [1.82, 2.24) is 15.3 Å². The Labute approximate surface area is 72.2 Å². The Morgan fingerprint density at radius 2 is 2.08 bits per heavy atom. The summed E-state index contributed by atoms with van der Waals surface area (Å²) in [7, 11) is 0. The first kappa shape index (κ1) is 7.68. The third-order valence-electron chi connectivity index (χ3n) is 2.29. The van der Waals surface area contributed by atoms with Gasteiger partial charge in [0.2, 0.25) is 0 Å². The summed E-state index contributed by atoms with van der Waals surface area (Å²) in [6.45, 7) is 1.12. The summed E-state index contributed by atoms with van der Waals surface area (Å²) >= 11 is 0. The molecule has 0 bridgehead atoms. The largest absolute Gasteiger partial charge is 0.310 e. The Morgan fingerprint density at radius 1 is 1.25 bits per heavy atom. The number of rotatable bonds is 1. The van der Waals surface area contributed by atoms with Crippen LogP contribution < -0.4 is 5.32 Å². The molecule has 1 N–H and O–H groups in total. The van der Waals surface area contributed by atoms with Gasteiger partial charge in [-0.1, -0.05) is 6.42 Å². The van der Waals surface area contributed by atoms with Crippen LogP contribution in [-0.2, 0) is 0 Å². The molecule has 0 spiro atoms. The molecule has 1 saturated heterocycles. The van der Waals surface area contributed by atoms with Crippen molar-refractivity contribution in [2.75, 3.05) is 6.54 Å². The van der Waals surface area contributed by atoms with Gasteiger partial charge in [-0.05, 0) is 19.4 Å². The van der Waals surface area contributed by atoms with Crippen molar-refractivity contribution < 1.29 is 0 Å². The van der Waals surface area contributed by atoms with Crippen molar-refractivity contribution in [3.05, 3.63) is 24.3 Å². The highest BCUT2D eigenvalue weighted by atomic mass is 14.9. The third-order valence-corrected chi connectivity index (χ3v) is 2.29. The van der Waals surface area contributed by atoms with E-state index in [1.807, 2.05) is 12.4 Å². The fourth-order valence-corrected chi connectivity index (χ4v) is 1.63. The number of piperidine rings is 1. The fraction of sp³-hybridized carbons (Fsp3) is 0.556. The molecule has 0 radical (unpaired) electrons. The maximum atomic E-state index is 4.01. The molecule has 0 saturated carbocycles. The number of nitrogens with zero attached hydrogens (tertiary/aromatic N) is 2. The van der Waals surface area contributed by atoms with Crippen LogP contribution in [0, 0.1) is 0 Å². The molecule has 1 aromatic rings. The molecule has 1 aliphatic rings. The summed E-state index contributed by atoms with van der Waals surface area (Å²) in [4.78, 5) is 8.02. The number of hydrogen-bond acceptors (Lipinski definition) is 3. The lowest BCUT2D eigenvalue weighted by Crippen LogP contribution is -2.26. The fourth-order valence-electron chi connectivity index (χ4n) is 1.63. The monoisotopic (exact) mass is 163 g/mol. The molecule has 64 valence electrons. The molecule has 1 aliphatic heterocycles. The summed E-state index contributed by atoms with van der Waals surface area (Å²) in [6, 6.07) is 0.486. The van der Waals surface area contributed by atoms with Gasteiger partial charge in [0, 0.05) is 24.0 Å². The Kier molecular flexibility index (Phi) is 2.32. The molecule has 0 unspecified atom stereocenters. The molecular formula is C9H13N3. The first-order valence-corrected chi connectivity index (χ1v) is 4.45. The minimum absolute atomic E-state index is 0.486. The molecule has 12 heavy (non-hydrogen) atoms. The van der Waals surface area contributed by atoms with Crippen LogP contribution in [0.5, 0.6) is 0 Å². The highest BCUT2D eigenvalue weighted by Crippen LogP contribution is 2.20. The smallest absolute Gasteiger partial charge is 0.115 e. The van der Waals surface area contributed by atoms with Crippen molar-refractivity contribution >= 4 is 0 Å². The first-order valence-electron chi connectivity index (χ1n) is 4.45. The van der Waals surface area contributed by atoms with Crippen LogP contribution in [0.2, 0.25) is 0 Å². The SMILES string of the molecule is c1ncc([C@H]2CCCCN2)cn1. The molecule has 3 nitrogen and oxygen atoms in total. The lowest BCUT2D eigenvalue weighted by atomic mass is 10.0. The van der Waals surface area contributed by atoms with E-state index in [4.69, 9.17) is 0 Å². The van der Waals surface area contributed by atoms with Crippen LogP contribution in [-0.4, -0.2) is 16.5 Å². The summed E-state index contributed by atoms with van der Waals surface area (Å²) in [5, 5.41) is 3.46. The average molecular weight is 163 g/mol. The van der Waals surface area contributed by atoms with Gasteiger partial charge < -0.3 is 5.32 Å². The summed E-state index contributed by atoms with van der Waals surface area (Å²) < 4.78 is 0. The predicted octanol–water partition coefficient (Wildman–Crippen LogP) is 1.29. The Morgan fingerprint density at radius 3 is 2.75 bits per heavy atom. The number of hydrogen-bond donors (Lipinski definition) is 1. The third kappa shape index (κ3) is 1.61. The van der Waals surface area contributed by atoms with E-state index < -0.39 is 0 Å². The lowest BCUT2D eigenvalue weighted by Gasteiger charge is -2.22. The minimum Gasteiger partial charge on any atom is -0.310 e. The second-order valence-electron chi connectivity index (χ2n) is 3.17. The van der Waals surface area contributed by atoms with Gasteiger partial charge in [0.05, 0.1) is 0 Å². The summed E-state index contributed by atoms with van der Waals surface area (Å²) in [6.07, 6.45) is 9.20. The van der Waals surface area contributed by atoms with Crippen LogP contribution in [0.3, 0.4) is 0 Å². The van der Waals surface area contributed by atoms with Gasteiger partial charge in [-0.15, -0.1) is 0 Å². The van der Waals surface area contributed by atoms with Crippen molar-refractivity contribution in [3.63, 3.8) is 0 Å². The molecular weight excluding hydrogens is 150 g/mol. The van der Waals surface area contributed by atoms with Crippen LogP contribution in [0.15, 0.2) is 18.7 Å². The zero-order valence-electron chi connectivity index (χ0n) is 7.03. The average Bonchev–Trinajstić information content (AvgIpc) is 2.21. The molecule has 2 heterocycles. The Bertz CT molecular complexity index is 229. The van der Waals surface area contributed by atoms with E-state index in [1.54, 1.807) is 6.33 Å². The van der Waals surface area contributed by atoms with Gasteiger partial charge in [-0.25, -0.2) is 9.97 Å². The van der Waals surface area contributed by atoms with Crippen LogP contribution in [0.4, 0.5) is 0 Å². The van der Waals surface area contributed by atoms with Gasteiger partial charge in [0.25, 0.3) is 0 Å². The van der Waals surface area contributed by atoms with Gasteiger partial charge in [-0.3, -0.25) is 0 Å². The second-order valence-corrected chi connectivity index (χ2v) is 3.17. The quantitative estimate of drug-likeness (QED) is 0.678. The highest BCUT2D eigenvalue weighted by Gasteiger charge is 2.14. The van der Waals surface area contributed by atoms with E-state index in [-0.39, 0.29) is 0 Å². The van der Waals surface area contributed by atoms with E-state index in [9.17, 15) is 0 Å². The topological polar surface area (TPSA) is 37.8 Å². The zero-order chi connectivity index (χ0) is 8.23. The van der Waals surface area contributed by atoms with Crippen molar-refractivity contribution in [2.24, 2.45) is 0 Å². The molecule has 1 atom stereocenters. The van der Waals surface area contributed by atoms with Gasteiger partial charge in [-0.2, -0.15) is 0 Å². The number of aromatic nitrogens is 2. The molecule has 0 aliphatic carbocycles. The zero-order valence-corrected chi connectivity index (χ0v) is 7.03. The first-order chi connectivity index (χ1) is 5.97. The number of nitrogens with one attached hydrogen (secondary N) is 1. The Hall–Kier alpha value is -0.960. The maximum absolute atomic E-state index is 4.01. The van der Waals surface area contributed by atoms with Gasteiger partial charge in [0.1, 0.15) is 6.33 Å². The molecule has 2 rings (SSSR count). The molecule has 1 aromatic heterocycles. The van der Waals surface area contributed by atoms with Crippen LogP contribution >= 0.6 is 0 Å². The van der Waals surface area contributed by atoms with E-state index in [0.717, 1.165) is 6.54 Å². The van der Waals surface area contributed by atoms with Crippen molar-refractivity contribution in [1.29, 1.82) is 0 Å². The standard InChI is InChI=1S/C9H13N3/c1-2-4-12-9(3-1)8-5-10-7-11-6-8/h5-7,9,12H,1-4H2/t9-/m1/s1. The maximum Gasteiger partial charge on any atom is 0.115 e. The predicted molar refractivity (Wildman–Crippen MR) is 46.6 cm³/mol. The van der Waals surface area contributed by atoms with Gasteiger partial charge >= 0.3 is 0 Å². The van der Waals surface area contributed by atoms with E-state index in [2.05, 4.69) is 15.3 Å². The normalized spacial score (nSPS) is 23.8. The van der Waals surface area contributed by atoms with E-state index in [1.165, 1.54) is 24.8 Å². The van der Waals surface area contributed by atoms with Crippen molar-refractivity contribution in [3.8, 4) is 0 Å². The second kappa shape index (κ2) is 3.63. The molecule has 0 aromatic carbocycles. The molecule has 3 heteroatoms. The molecule has 0 amide bonds. The van der Waals surface area contributed by atoms with E-state index in [0.29, 0.717) is 6.04 Å². The highest BCUT2D eigenvalue weighted by molar-refractivity contribution is 5.09. The molecule has 1 fully saturated rings. The van der Waals surface area contributed by atoms with E-state index >= 15 is 0 Å². The minimum atomic E-state index is 0.486. The summed E-state index contributed by atoms with van der Waals surface area (Å²) in [5.74, 6) is 0.